The number of benzene rings is 1. The van der Waals surface area contributed by atoms with Crippen LogP contribution in [0.5, 0.6) is 0 Å². The zero-order valence-electron chi connectivity index (χ0n) is 12.8. The summed E-state index contributed by atoms with van der Waals surface area (Å²) < 4.78 is 5.48. The number of hydrogen-bond acceptors (Lipinski definition) is 7. The Morgan fingerprint density at radius 1 is 1.30 bits per heavy atom. The van der Waals surface area contributed by atoms with Gasteiger partial charge in [0.2, 0.25) is 5.71 Å². The largest absolute Gasteiger partial charge is 0.446 e. The second-order valence-electron chi connectivity index (χ2n) is 5.02. The molecular formula is C16H16N4O2S. The number of nitrogen functional groups attached to an aromatic ring is 1. The number of rotatable bonds is 5. The molecule has 23 heavy (non-hydrogen) atoms. The molecule has 0 aliphatic rings. The number of furan rings is 1. The van der Waals surface area contributed by atoms with Crippen molar-refractivity contribution in [3.63, 3.8) is 0 Å². The number of fused-ring (bicyclic) bond motifs is 1. The maximum atomic E-state index is 11.3. The lowest BCUT2D eigenvalue weighted by Crippen LogP contribution is -2.02. The SMILES string of the molecule is CSc1nc(N)c2c(CNc3ccc(C(C)=O)cc3)coc2n1. The Morgan fingerprint density at radius 3 is 2.70 bits per heavy atom. The normalized spacial score (nSPS) is 10.9. The van der Waals surface area contributed by atoms with Crippen LogP contribution in [0.2, 0.25) is 0 Å². The van der Waals surface area contributed by atoms with E-state index in [1.807, 2.05) is 18.4 Å². The van der Waals surface area contributed by atoms with E-state index in [-0.39, 0.29) is 5.78 Å². The van der Waals surface area contributed by atoms with Gasteiger partial charge in [0.1, 0.15) is 5.82 Å². The first kappa shape index (κ1) is 15.4. The van der Waals surface area contributed by atoms with Crippen molar-refractivity contribution in [2.45, 2.75) is 18.6 Å². The Kier molecular flexibility index (Phi) is 4.20. The summed E-state index contributed by atoms with van der Waals surface area (Å²) in [6, 6.07) is 7.32. The summed E-state index contributed by atoms with van der Waals surface area (Å²) in [5.41, 5.74) is 8.98. The summed E-state index contributed by atoms with van der Waals surface area (Å²) in [4.78, 5) is 19.8. The second-order valence-corrected chi connectivity index (χ2v) is 5.80. The molecule has 0 saturated heterocycles. The summed E-state index contributed by atoms with van der Waals surface area (Å²) >= 11 is 1.42. The van der Waals surface area contributed by atoms with Crippen LogP contribution in [0, 0.1) is 0 Å². The first-order valence-electron chi connectivity index (χ1n) is 7.01. The average molecular weight is 328 g/mol. The van der Waals surface area contributed by atoms with Gasteiger partial charge >= 0.3 is 0 Å². The lowest BCUT2D eigenvalue weighted by Gasteiger charge is -2.06. The molecule has 0 unspecified atom stereocenters. The van der Waals surface area contributed by atoms with Crippen LogP contribution in [0.1, 0.15) is 22.8 Å². The van der Waals surface area contributed by atoms with Crippen LogP contribution >= 0.6 is 11.8 Å². The lowest BCUT2D eigenvalue weighted by molar-refractivity contribution is 0.101. The average Bonchev–Trinajstić information content (AvgIpc) is 2.96. The summed E-state index contributed by atoms with van der Waals surface area (Å²) in [7, 11) is 0. The molecule has 0 bridgehead atoms. The monoisotopic (exact) mass is 328 g/mol. The van der Waals surface area contributed by atoms with Crippen molar-refractivity contribution in [1.82, 2.24) is 9.97 Å². The predicted molar refractivity (Wildman–Crippen MR) is 91.8 cm³/mol. The molecule has 0 spiro atoms. The highest BCUT2D eigenvalue weighted by atomic mass is 32.2. The Hall–Kier alpha value is -2.54. The molecule has 0 amide bonds. The summed E-state index contributed by atoms with van der Waals surface area (Å²) in [6.07, 6.45) is 3.52. The van der Waals surface area contributed by atoms with Gasteiger partial charge < -0.3 is 15.5 Å². The van der Waals surface area contributed by atoms with E-state index in [1.54, 1.807) is 25.3 Å². The van der Waals surface area contributed by atoms with Crippen molar-refractivity contribution in [2.24, 2.45) is 0 Å². The van der Waals surface area contributed by atoms with Crippen molar-refractivity contribution in [3.8, 4) is 0 Å². The third-order valence-electron chi connectivity index (χ3n) is 3.47. The molecule has 3 N–H and O–H groups in total. The second kappa shape index (κ2) is 6.29. The van der Waals surface area contributed by atoms with Crippen LogP contribution < -0.4 is 11.1 Å². The fourth-order valence-electron chi connectivity index (χ4n) is 2.25. The molecule has 6 nitrogen and oxygen atoms in total. The number of aromatic nitrogens is 2. The van der Waals surface area contributed by atoms with Crippen molar-refractivity contribution in [2.75, 3.05) is 17.3 Å². The maximum absolute atomic E-state index is 11.3. The van der Waals surface area contributed by atoms with Gasteiger partial charge in [-0.3, -0.25) is 4.79 Å². The Bertz CT molecular complexity index is 858. The third kappa shape index (κ3) is 3.14. The highest BCUT2D eigenvalue weighted by molar-refractivity contribution is 7.98. The van der Waals surface area contributed by atoms with Gasteiger partial charge in [0.25, 0.3) is 0 Å². The van der Waals surface area contributed by atoms with Gasteiger partial charge in [-0.1, -0.05) is 11.8 Å². The predicted octanol–water partition coefficient (Wildman–Crippen LogP) is 3.34. The quantitative estimate of drug-likeness (QED) is 0.421. The molecule has 0 atom stereocenters. The zero-order chi connectivity index (χ0) is 16.4. The van der Waals surface area contributed by atoms with Crippen LogP contribution in [0.15, 0.2) is 40.1 Å². The summed E-state index contributed by atoms with van der Waals surface area (Å²) in [5, 5.41) is 4.59. The zero-order valence-corrected chi connectivity index (χ0v) is 13.6. The van der Waals surface area contributed by atoms with E-state index in [2.05, 4.69) is 15.3 Å². The van der Waals surface area contributed by atoms with E-state index in [9.17, 15) is 4.79 Å². The number of nitrogens with one attached hydrogen (secondary N) is 1. The van der Waals surface area contributed by atoms with Crippen LogP contribution in [0.25, 0.3) is 11.1 Å². The van der Waals surface area contributed by atoms with Gasteiger partial charge in [-0.25, -0.2) is 4.98 Å². The highest BCUT2D eigenvalue weighted by Gasteiger charge is 2.13. The van der Waals surface area contributed by atoms with Gasteiger partial charge in [0.05, 0.1) is 11.6 Å². The number of nitrogens with two attached hydrogens (primary N) is 1. The Balaban J connectivity index is 1.80. The van der Waals surface area contributed by atoms with Crippen molar-refractivity contribution >= 4 is 40.2 Å². The van der Waals surface area contributed by atoms with Crippen molar-refractivity contribution < 1.29 is 9.21 Å². The van der Waals surface area contributed by atoms with Gasteiger partial charge in [0.15, 0.2) is 10.9 Å². The van der Waals surface area contributed by atoms with E-state index in [0.717, 1.165) is 16.6 Å². The topological polar surface area (TPSA) is 94.0 Å². The highest BCUT2D eigenvalue weighted by Crippen LogP contribution is 2.27. The number of ketones is 1. The molecule has 0 aliphatic heterocycles. The molecule has 0 saturated carbocycles. The molecule has 3 rings (SSSR count). The number of thioether (sulfide) groups is 1. The molecule has 3 aromatic rings. The number of carbonyl (C=O) groups excluding carboxylic acids is 1. The van der Waals surface area contributed by atoms with Crippen LogP contribution in [0.3, 0.4) is 0 Å². The molecule has 118 valence electrons. The van der Waals surface area contributed by atoms with E-state index >= 15 is 0 Å². The standard InChI is InChI=1S/C16H16N4O2S/c1-9(21)10-3-5-12(6-4-10)18-7-11-8-22-15-13(11)14(17)19-16(20-15)23-2/h3-6,8,18H,7H2,1-2H3,(H2,17,19,20). The van der Waals surface area contributed by atoms with Crippen LogP contribution in [0.4, 0.5) is 11.5 Å². The number of anilines is 2. The first-order valence-corrected chi connectivity index (χ1v) is 8.23. The summed E-state index contributed by atoms with van der Waals surface area (Å²) in [5.74, 6) is 0.462. The molecular weight excluding hydrogens is 312 g/mol. The van der Waals surface area contributed by atoms with Gasteiger partial charge in [0, 0.05) is 23.4 Å². The van der Waals surface area contributed by atoms with Gasteiger partial charge in [-0.2, -0.15) is 4.98 Å². The lowest BCUT2D eigenvalue weighted by atomic mass is 10.1. The molecule has 2 aromatic heterocycles. The Labute approximate surface area is 137 Å². The van der Waals surface area contributed by atoms with E-state index in [1.165, 1.54) is 11.8 Å². The fraction of sp³-hybridized carbons (Fsp3) is 0.188. The molecule has 0 fully saturated rings. The van der Waals surface area contributed by atoms with Crippen molar-refractivity contribution in [3.05, 3.63) is 41.7 Å². The number of hydrogen-bond donors (Lipinski definition) is 2. The first-order chi connectivity index (χ1) is 11.1. The van der Waals surface area contributed by atoms with Gasteiger partial charge in [-0.05, 0) is 37.4 Å². The van der Waals surface area contributed by atoms with Crippen LogP contribution in [-0.2, 0) is 6.54 Å². The third-order valence-corrected chi connectivity index (χ3v) is 4.02. The number of Topliss-reactive ketones (excluding diaryl/α,β-unsaturated/α-hetero) is 1. The minimum absolute atomic E-state index is 0.0481. The minimum atomic E-state index is 0.0481. The van der Waals surface area contributed by atoms with E-state index in [4.69, 9.17) is 10.2 Å². The molecule has 7 heteroatoms. The van der Waals surface area contributed by atoms with E-state index in [0.29, 0.717) is 28.8 Å². The smallest absolute Gasteiger partial charge is 0.232 e. The maximum Gasteiger partial charge on any atom is 0.232 e. The van der Waals surface area contributed by atoms with Gasteiger partial charge in [-0.15, -0.1) is 0 Å². The molecule has 1 aromatic carbocycles. The molecule has 0 aliphatic carbocycles. The number of carbonyl (C=O) groups is 1. The number of nitrogens with zero attached hydrogens (tertiary/aromatic N) is 2. The Morgan fingerprint density at radius 2 is 2.04 bits per heavy atom. The molecule has 2 heterocycles. The summed E-state index contributed by atoms with van der Waals surface area (Å²) in [6.45, 7) is 2.07. The van der Waals surface area contributed by atoms with Crippen LogP contribution in [-0.4, -0.2) is 22.0 Å². The van der Waals surface area contributed by atoms with Crippen molar-refractivity contribution in [1.29, 1.82) is 0 Å². The molecule has 0 radical (unpaired) electrons. The van der Waals surface area contributed by atoms with E-state index < -0.39 is 0 Å². The fourth-order valence-corrected chi connectivity index (χ4v) is 2.61. The minimum Gasteiger partial charge on any atom is -0.446 e.